The number of thioether (sulfide) groups is 1. The summed E-state index contributed by atoms with van der Waals surface area (Å²) in [5.41, 5.74) is 1.79. The van der Waals surface area contributed by atoms with Gasteiger partial charge in [0.25, 0.3) is 5.91 Å². The molecule has 0 aliphatic carbocycles. The van der Waals surface area contributed by atoms with Gasteiger partial charge in [-0.05, 0) is 31.9 Å². The van der Waals surface area contributed by atoms with Crippen molar-refractivity contribution in [1.82, 2.24) is 15.3 Å². The molecule has 3 rings (SSSR count). The number of rotatable bonds is 7. The normalized spacial score (nSPS) is 11.1. The van der Waals surface area contributed by atoms with Gasteiger partial charge in [-0.2, -0.15) is 4.98 Å². The first-order valence-electron chi connectivity index (χ1n) is 9.38. The zero-order valence-corrected chi connectivity index (χ0v) is 17.7. The summed E-state index contributed by atoms with van der Waals surface area (Å²) in [4.78, 5) is 33.5. The summed E-state index contributed by atoms with van der Waals surface area (Å²) in [5, 5.41) is 6.76. The van der Waals surface area contributed by atoms with Crippen LogP contribution in [0.2, 0.25) is 0 Å². The van der Waals surface area contributed by atoms with Crippen molar-refractivity contribution in [3.05, 3.63) is 47.2 Å². The van der Waals surface area contributed by atoms with E-state index in [2.05, 4.69) is 20.6 Å². The number of carbonyl (C=O) groups excluding carboxylic acids is 2. The van der Waals surface area contributed by atoms with Gasteiger partial charge in [0.1, 0.15) is 11.6 Å². The fourth-order valence-corrected chi connectivity index (χ4v) is 3.32. The molecule has 152 valence electrons. The molecule has 8 heteroatoms. The summed E-state index contributed by atoms with van der Waals surface area (Å²) in [5.74, 6) is 1.29. The molecular formula is C21H24N4O3S. The monoisotopic (exact) mass is 412 g/mol. The summed E-state index contributed by atoms with van der Waals surface area (Å²) < 4.78 is 5.74. The molecule has 2 heterocycles. The van der Waals surface area contributed by atoms with Gasteiger partial charge in [-0.25, -0.2) is 4.98 Å². The van der Waals surface area contributed by atoms with Crippen molar-refractivity contribution in [3.8, 4) is 0 Å². The minimum Gasteiger partial charge on any atom is -0.443 e. The fourth-order valence-electron chi connectivity index (χ4n) is 2.65. The number of aryl methyl sites for hydroxylation is 2. The maximum atomic E-state index is 12.6. The molecule has 29 heavy (non-hydrogen) atoms. The number of nitrogens with one attached hydrogen (secondary N) is 2. The number of benzene rings is 1. The molecule has 2 aromatic heterocycles. The third-order valence-electron chi connectivity index (χ3n) is 4.32. The molecule has 0 bridgehead atoms. The average Bonchev–Trinajstić information content (AvgIpc) is 2.99. The maximum Gasteiger partial charge on any atom is 0.256 e. The second kappa shape index (κ2) is 9.09. The lowest BCUT2D eigenvalue weighted by Crippen LogP contribution is -2.28. The molecule has 0 saturated heterocycles. The van der Waals surface area contributed by atoms with Gasteiger partial charge in [-0.1, -0.05) is 43.8 Å². The average molecular weight is 413 g/mol. The van der Waals surface area contributed by atoms with Crippen LogP contribution >= 0.6 is 11.8 Å². The van der Waals surface area contributed by atoms with Crippen LogP contribution in [0, 0.1) is 19.8 Å². The molecule has 0 spiro atoms. The molecule has 2 N–H and O–H groups in total. The zero-order chi connectivity index (χ0) is 21.0. The number of anilines is 1. The van der Waals surface area contributed by atoms with Crippen LogP contribution in [0.15, 0.2) is 39.9 Å². The second-order valence-electron chi connectivity index (χ2n) is 7.12. The third-order valence-corrected chi connectivity index (χ3v) is 5.16. The Hall–Kier alpha value is -2.87. The van der Waals surface area contributed by atoms with Crippen molar-refractivity contribution in [1.29, 1.82) is 0 Å². The van der Waals surface area contributed by atoms with Crippen LogP contribution in [0.5, 0.6) is 0 Å². The topological polar surface area (TPSA) is 97.1 Å². The lowest BCUT2D eigenvalue weighted by atomic mass is 10.2. The van der Waals surface area contributed by atoms with Gasteiger partial charge >= 0.3 is 0 Å². The number of nitrogens with zero attached hydrogens (tertiary/aromatic N) is 2. The standard InChI is InChI=1S/C21H24N4O3S/c1-12(2)10-22-16(26)11-29-21-24-18(17-13(3)14(4)28-20(17)25-21)23-19(27)15-8-6-5-7-9-15/h5-9,12H,10-11H2,1-4H3,(H,22,26)(H,23,24,25,27). The van der Waals surface area contributed by atoms with Gasteiger partial charge < -0.3 is 15.1 Å². The van der Waals surface area contributed by atoms with Gasteiger partial charge in [-0.3, -0.25) is 9.59 Å². The number of hydrogen-bond donors (Lipinski definition) is 2. The van der Waals surface area contributed by atoms with E-state index in [4.69, 9.17) is 4.42 Å². The Bertz CT molecular complexity index is 1030. The molecule has 0 radical (unpaired) electrons. The van der Waals surface area contributed by atoms with Crippen molar-refractivity contribution >= 4 is 40.5 Å². The van der Waals surface area contributed by atoms with E-state index in [1.165, 1.54) is 11.8 Å². The summed E-state index contributed by atoms with van der Waals surface area (Å²) >= 11 is 1.20. The lowest BCUT2D eigenvalue weighted by molar-refractivity contribution is -0.118. The summed E-state index contributed by atoms with van der Waals surface area (Å²) in [6, 6.07) is 8.91. The Morgan fingerprint density at radius 1 is 1.14 bits per heavy atom. The van der Waals surface area contributed by atoms with Crippen LogP contribution in [0.1, 0.15) is 35.5 Å². The number of hydrogen-bond acceptors (Lipinski definition) is 6. The van der Waals surface area contributed by atoms with Crippen molar-refractivity contribution in [2.75, 3.05) is 17.6 Å². The summed E-state index contributed by atoms with van der Waals surface area (Å²) in [6.07, 6.45) is 0. The van der Waals surface area contributed by atoms with E-state index in [1.54, 1.807) is 24.3 Å². The molecule has 0 atom stereocenters. The SMILES string of the molecule is Cc1oc2nc(SCC(=O)NCC(C)C)nc(NC(=O)c3ccccc3)c2c1C. The van der Waals surface area contributed by atoms with Crippen molar-refractivity contribution in [2.45, 2.75) is 32.9 Å². The van der Waals surface area contributed by atoms with Crippen LogP contribution in [0.4, 0.5) is 5.82 Å². The highest BCUT2D eigenvalue weighted by molar-refractivity contribution is 7.99. The largest absolute Gasteiger partial charge is 0.443 e. The van der Waals surface area contributed by atoms with E-state index < -0.39 is 0 Å². The highest BCUT2D eigenvalue weighted by atomic mass is 32.2. The van der Waals surface area contributed by atoms with E-state index >= 15 is 0 Å². The predicted molar refractivity (Wildman–Crippen MR) is 114 cm³/mol. The van der Waals surface area contributed by atoms with E-state index in [0.29, 0.717) is 45.9 Å². The van der Waals surface area contributed by atoms with Crippen molar-refractivity contribution in [2.24, 2.45) is 5.92 Å². The first-order chi connectivity index (χ1) is 13.8. The molecular weight excluding hydrogens is 388 g/mol. The number of furan rings is 1. The summed E-state index contributed by atoms with van der Waals surface area (Å²) in [6.45, 7) is 8.43. The maximum absolute atomic E-state index is 12.6. The number of carbonyl (C=O) groups is 2. The first-order valence-corrected chi connectivity index (χ1v) is 10.4. The summed E-state index contributed by atoms with van der Waals surface area (Å²) in [7, 11) is 0. The Labute approximate surface area is 173 Å². The van der Waals surface area contributed by atoms with Gasteiger partial charge in [0.05, 0.1) is 11.1 Å². The number of fused-ring (bicyclic) bond motifs is 1. The molecule has 0 unspecified atom stereocenters. The molecule has 0 aliphatic heterocycles. The van der Waals surface area contributed by atoms with E-state index in [1.807, 2.05) is 33.8 Å². The highest BCUT2D eigenvalue weighted by Crippen LogP contribution is 2.31. The zero-order valence-electron chi connectivity index (χ0n) is 16.9. The minimum absolute atomic E-state index is 0.0888. The van der Waals surface area contributed by atoms with Crippen molar-refractivity contribution < 1.29 is 14.0 Å². The molecule has 0 saturated carbocycles. The molecule has 0 aliphatic rings. The van der Waals surface area contributed by atoms with Crippen LogP contribution in [-0.2, 0) is 4.79 Å². The second-order valence-corrected chi connectivity index (χ2v) is 8.07. The van der Waals surface area contributed by atoms with Crippen LogP contribution in [0.25, 0.3) is 11.1 Å². The van der Waals surface area contributed by atoms with E-state index in [9.17, 15) is 9.59 Å². The molecule has 2 amide bonds. The predicted octanol–water partition coefficient (Wildman–Crippen LogP) is 3.96. The van der Waals surface area contributed by atoms with E-state index in [-0.39, 0.29) is 17.6 Å². The van der Waals surface area contributed by atoms with Crippen molar-refractivity contribution in [3.63, 3.8) is 0 Å². The quantitative estimate of drug-likeness (QED) is 0.450. The highest BCUT2D eigenvalue weighted by Gasteiger charge is 2.19. The Morgan fingerprint density at radius 3 is 2.55 bits per heavy atom. The molecule has 0 fully saturated rings. The Balaban J connectivity index is 1.85. The van der Waals surface area contributed by atoms with Gasteiger partial charge in [0.2, 0.25) is 11.6 Å². The smallest absolute Gasteiger partial charge is 0.256 e. The van der Waals surface area contributed by atoms with Crippen LogP contribution in [0.3, 0.4) is 0 Å². The van der Waals surface area contributed by atoms with Gasteiger partial charge in [-0.15, -0.1) is 0 Å². The molecule has 7 nitrogen and oxygen atoms in total. The van der Waals surface area contributed by atoms with Crippen LogP contribution in [-0.4, -0.2) is 34.1 Å². The Morgan fingerprint density at radius 2 is 1.86 bits per heavy atom. The number of aromatic nitrogens is 2. The third kappa shape index (κ3) is 5.14. The van der Waals surface area contributed by atoms with E-state index in [0.717, 1.165) is 5.56 Å². The minimum atomic E-state index is -0.269. The fraction of sp³-hybridized carbons (Fsp3) is 0.333. The first kappa shape index (κ1) is 20.9. The number of amides is 2. The molecule has 3 aromatic rings. The van der Waals surface area contributed by atoms with Gasteiger partial charge in [0, 0.05) is 17.7 Å². The molecule has 1 aromatic carbocycles. The Kier molecular flexibility index (Phi) is 6.53. The van der Waals surface area contributed by atoms with Crippen LogP contribution < -0.4 is 10.6 Å². The lowest BCUT2D eigenvalue weighted by Gasteiger charge is -2.09. The van der Waals surface area contributed by atoms with Gasteiger partial charge in [0.15, 0.2) is 5.16 Å².